The largest absolute Gasteiger partial charge is 0.394 e. The number of hydrogen-bond acceptors (Lipinski definition) is 7. The minimum atomic E-state index is -1.10. The van der Waals surface area contributed by atoms with Gasteiger partial charge in [0.1, 0.15) is 18.3 Å². The Morgan fingerprint density at radius 3 is 2.75 bits per heavy atom. The van der Waals surface area contributed by atoms with E-state index in [1.807, 2.05) is 0 Å². The Hall–Kier alpha value is -1.53. The van der Waals surface area contributed by atoms with Gasteiger partial charge in [0.2, 0.25) is 5.91 Å². The quantitative estimate of drug-likeness (QED) is 0.249. The Kier molecular flexibility index (Phi) is 9.32. The molecule has 158 valence electrons. The van der Waals surface area contributed by atoms with Crippen molar-refractivity contribution in [3.05, 3.63) is 33.1 Å². The lowest BCUT2D eigenvalue weighted by Crippen LogP contribution is -2.39. The maximum Gasteiger partial charge on any atom is 0.330 e. The molecule has 0 aromatic carbocycles. The molecular weight excluding hydrogens is 438 g/mol. The van der Waals surface area contributed by atoms with E-state index in [1.54, 1.807) is 0 Å². The molecule has 10 nitrogen and oxygen atoms in total. The van der Waals surface area contributed by atoms with Crippen molar-refractivity contribution in [2.24, 2.45) is 0 Å². The first-order chi connectivity index (χ1) is 13.5. The Morgan fingerprint density at radius 2 is 2.07 bits per heavy atom. The van der Waals surface area contributed by atoms with Gasteiger partial charge in [-0.25, -0.2) is 4.79 Å². The van der Waals surface area contributed by atoms with Crippen molar-refractivity contribution < 1.29 is 24.5 Å². The number of aliphatic hydroxyl groups is 2. The Balaban J connectivity index is 1.83. The second-order valence-corrected chi connectivity index (χ2v) is 7.05. The van der Waals surface area contributed by atoms with Gasteiger partial charge in [0.15, 0.2) is 6.23 Å². The van der Waals surface area contributed by atoms with E-state index in [0.29, 0.717) is 18.5 Å². The zero-order valence-corrected chi connectivity index (χ0v) is 17.0. The zero-order valence-electron chi connectivity index (χ0n) is 15.4. The van der Waals surface area contributed by atoms with Crippen LogP contribution in [-0.2, 0) is 14.3 Å². The number of nitrogens with one attached hydrogen (secondary N) is 2. The van der Waals surface area contributed by atoms with Crippen LogP contribution < -0.4 is 16.6 Å². The maximum atomic E-state index is 12.0. The van der Waals surface area contributed by atoms with E-state index in [4.69, 9.17) is 9.47 Å². The normalized spacial score (nSPS) is 24.4. The van der Waals surface area contributed by atoms with E-state index in [-0.39, 0.29) is 5.91 Å². The highest BCUT2D eigenvalue weighted by molar-refractivity contribution is 9.09. The number of carbonyl (C=O) groups is 1. The summed E-state index contributed by atoms with van der Waals surface area (Å²) in [4.78, 5) is 36.5. The second-order valence-electron chi connectivity index (χ2n) is 6.49. The molecule has 0 unspecified atom stereocenters. The molecule has 0 radical (unpaired) electrons. The number of halogens is 1. The molecule has 1 aliphatic rings. The summed E-state index contributed by atoms with van der Waals surface area (Å²) in [6.07, 6.45) is 0.867. The van der Waals surface area contributed by atoms with Crippen LogP contribution >= 0.6 is 15.9 Å². The van der Waals surface area contributed by atoms with Gasteiger partial charge in [-0.05, 0) is 12.8 Å². The van der Waals surface area contributed by atoms with E-state index in [2.05, 4.69) is 26.2 Å². The number of rotatable bonds is 11. The van der Waals surface area contributed by atoms with Gasteiger partial charge in [0, 0.05) is 25.4 Å². The summed E-state index contributed by atoms with van der Waals surface area (Å²) in [5.41, 5.74) is -1.22. The number of aromatic nitrogens is 2. The highest BCUT2D eigenvalue weighted by atomic mass is 79.9. The smallest absolute Gasteiger partial charge is 0.330 e. The van der Waals surface area contributed by atoms with E-state index in [9.17, 15) is 24.6 Å². The summed E-state index contributed by atoms with van der Waals surface area (Å²) in [6.45, 7) is 0.539. The number of aliphatic hydroxyl groups excluding tert-OH is 2. The number of hydrogen-bond donors (Lipinski definition) is 4. The Morgan fingerprint density at radius 1 is 1.32 bits per heavy atom. The monoisotopic (exact) mass is 463 g/mol. The van der Waals surface area contributed by atoms with Gasteiger partial charge in [0.05, 0.1) is 11.9 Å². The van der Waals surface area contributed by atoms with Crippen LogP contribution in [0.1, 0.15) is 31.9 Å². The molecule has 1 saturated heterocycles. The first kappa shape index (κ1) is 22.8. The number of alkyl halides is 1. The molecule has 1 fully saturated rings. The van der Waals surface area contributed by atoms with Gasteiger partial charge >= 0.3 is 5.69 Å². The Labute approximate surface area is 170 Å². The standard InChI is InChI=1S/C17H26BrN3O7/c18-9-13(24)19-6-3-1-2-4-8-27-15-14(25)11(10-22)28-16(15)21-7-5-12(23)20-17(21)26/h5,7,11,14-16,22,25H,1-4,6,8-10H2,(H,19,24)(H,20,23,26)/t11-,14-,15-,16-/m1/s1. The van der Waals surface area contributed by atoms with E-state index in [1.165, 1.54) is 12.3 Å². The van der Waals surface area contributed by atoms with Crippen LogP contribution in [0.3, 0.4) is 0 Å². The lowest BCUT2D eigenvalue weighted by molar-refractivity contribution is -0.118. The summed E-state index contributed by atoms with van der Waals surface area (Å²) in [6, 6.07) is 1.18. The van der Waals surface area contributed by atoms with Crippen molar-refractivity contribution in [3.63, 3.8) is 0 Å². The van der Waals surface area contributed by atoms with Crippen LogP contribution in [0.25, 0.3) is 0 Å². The molecule has 1 aromatic heterocycles. The average Bonchev–Trinajstić information content (AvgIpc) is 2.99. The fourth-order valence-corrected chi connectivity index (χ4v) is 3.17. The van der Waals surface area contributed by atoms with Crippen LogP contribution in [0.2, 0.25) is 0 Å². The number of unbranched alkanes of at least 4 members (excludes halogenated alkanes) is 3. The predicted molar refractivity (Wildman–Crippen MR) is 103 cm³/mol. The molecule has 0 saturated carbocycles. The van der Waals surface area contributed by atoms with Crippen LogP contribution in [0.4, 0.5) is 0 Å². The molecule has 1 amide bonds. The first-order valence-electron chi connectivity index (χ1n) is 9.18. The molecule has 1 aromatic rings. The topological polar surface area (TPSA) is 143 Å². The summed E-state index contributed by atoms with van der Waals surface area (Å²) in [5.74, 6) is -0.0412. The fraction of sp³-hybridized carbons (Fsp3) is 0.706. The van der Waals surface area contributed by atoms with Crippen LogP contribution in [0.15, 0.2) is 21.9 Å². The van der Waals surface area contributed by atoms with Crippen LogP contribution in [-0.4, -0.2) is 69.1 Å². The number of carbonyl (C=O) groups excluding carboxylic acids is 1. The van der Waals surface area contributed by atoms with E-state index < -0.39 is 42.4 Å². The van der Waals surface area contributed by atoms with Gasteiger partial charge in [0.25, 0.3) is 5.56 Å². The molecule has 28 heavy (non-hydrogen) atoms. The van der Waals surface area contributed by atoms with Crippen LogP contribution in [0, 0.1) is 0 Å². The zero-order chi connectivity index (χ0) is 20.5. The van der Waals surface area contributed by atoms with Crippen molar-refractivity contribution >= 4 is 21.8 Å². The molecule has 4 atom stereocenters. The molecule has 4 N–H and O–H groups in total. The highest BCUT2D eigenvalue weighted by Gasteiger charge is 2.45. The van der Waals surface area contributed by atoms with Crippen LogP contribution in [0.5, 0.6) is 0 Å². The predicted octanol–water partition coefficient (Wildman–Crippen LogP) is -0.756. The average molecular weight is 464 g/mol. The molecule has 0 bridgehead atoms. The summed E-state index contributed by atoms with van der Waals surface area (Å²) < 4.78 is 12.4. The number of aromatic amines is 1. The lowest BCUT2D eigenvalue weighted by Gasteiger charge is -2.22. The molecule has 0 spiro atoms. The molecular formula is C17H26BrN3O7. The third kappa shape index (κ3) is 6.24. The number of ether oxygens (including phenoxy) is 2. The third-order valence-electron chi connectivity index (χ3n) is 4.44. The molecule has 11 heteroatoms. The van der Waals surface area contributed by atoms with Crippen molar-refractivity contribution in [1.29, 1.82) is 0 Å². The second kappa shape index (κ2) is 11.5. The summed E-state index contributed by atoms with van der Waals surface area (Å²) >= 11 is 3.08. The van der Waals surface area contributed by atoms with Gasteiger partial charge in [-0.3, -0.25) is 19.1 Å². The summed E-state index contributed by atoms with van der Waals surface area (Å²) in [7, 11) is 0. The van der Waals surface area contributed by atoms with Gasteiger partial charge in [-0.15, -0.1) is 0 Å². The van der Waals surface area contributed by atoms with Crippen molar-refractivity contribution in [1.82, 2.24) is 14.9 Å². The lowest BCUT2D eigenvalue weighted by atomic mass is 10.1. The van der Waals surface area contributed by atoms with Crippen molar-refractivity contribution in [2.75, 3.05) is 25.1 Å². The van der Waals surface area contributed by atoms with E-state index >= 15 is 0 Å². The number of H-pyrrole nitrogens is 1. The SMILES string of the molecule is O=C(CBr)NCCCCCCO[C@@H]1[C@H](O)[C@@H](CO)O[C@H]1n1ccc(=O)[nH]c1=O. The molecule has 1 aliphatic heterocycles. The van der Waals surface area contributed by atoms with Gasteiger partial charge in [-0.2, -0.15) is 0 Å². The van der Waals surface area contributed by atoms with E-state index in [0.717, 1.165) is 30.3 Å². The fourth-order valence-electron chi connectivity index (χ4n) is 2.98. The van der Waals surface area contributed by atoms with Crippen molar-refractivity contribution in [3.8, 4) is 0 Å². The number of nitrogens with zero attached hydrogens (tertiary/aromatic N) is 1. The maximum absolute atomic E-state index is 12.0. The van der Waals surface area contributed by atoms with Gasteiger partial charge < -0.3 is 25.0 Å². The molecule has 0 aliphatic carbocycles. The molecule has 2 rings (SSSR count). The minimum Gasteiger partial charge on any atom is -0.394 e. The number of amides is 1. The van der Waals surface area contributed by atoms with Crippen molar-refractivity contribution in [2.45, 2.75) is 50.2 Å². The third-order valence-corrected chi connectivity index (χ3v) is 4.95. The minimum absolute atomic E-state index is 0.0412. The highest BCUT2D eigenvalue weighted by Crippen LogP contribution is 2.30. The summed E-state index contributed by atoms with van der Waals surface area (Å²) in [5, 5.41) is 22.8. The Bertz CT molecular complexity index is 738. The molecule has 2 heterocycles. The first-order valence-corrected chi connectivity index (χ1v) is 10.3. The van der Waals surface area contributed by atoms with Gasteiger partial charge in [-0.1, -0.05) is 28.8 Å².